The highest BCUT2D eigenvalue weighted by Gasteiger charge is 2.45. The van der Waals surface area contributed by atoms with Gasteiger partial charge in [0, 0.05) is 54.8 Å². The number of para-hydroxylation sites is 1. The lowest BCUT2D eigenvalue weighted by molar-refractivity contribution is -0.136. The molecule has 4 heterocycles. The first-order valence-corrected chi connectivity index (χ1v) is 23.8. The Morgan fingerprint density at radius 1 is 0.852 bits per heavy atom. The number of ether oxygens (including phenoxy) is 1. The highest BCUT2D eigenvalue weighted by molar-refractivity contribution is 7.70. The Hall–Kier alpha value is -5.50. The van der Waals surface area contributed by atoms with Crippen LogP contribution in [-0.4, -0.2) is 97.2 Å². The molecule has 1 aromatic heterocycles. The SMILES string of the molecule is COc1cc(N2CCC(NCCCCCCCNc3cccc4c3C(=O)N(C3CCC(=O)NC3=O)C4=O)CC2)ccc1Nc1ncc(Cl)c(Nc2ccccc2P(C)(C)=O)n1. The normalized spacial score (nSPS) is 17.0. The van der Waals surface area contributed by atoms with Crippen LogP contribution in [0.2, 0.25) is 5.02 Å². The summed E-state index contributed by atoms with van der Waals surface area (Å²) in [6, 6.07) is 18.1. The molecule has 15 nitrogen and oxygen atoms in total. The van der Waals surface area contributed by atoms with Crippen LogP contribution in [0.1, 0.15) is 78.5 Å². The van der Waals surface area contributed by atoms with Crippen LogP contribution >= 0.6 is 18.7 Å². The number of imide groups is 2. The molecule has 1 unspecified atom stereocenters. The van der Waals surface area contributed by atoms with Crippen LogP contribution in [-0.2, 0) is 14.2 Å². The molecule has 3 aliphatic heterocycles. The van der Waals surface area contributed by atoms with E-state index in [2.05, 4.69) is 47.5 Å². The van der Waals surface area contributed by atoms with Gasteiger partial charge in [0.15, 0.2) is 5.82 Å². The molecular formula is C44H53ClN9O6P. The van der Waals surface area contributed by atoms with Crippen LogP contribution in [0, 0.1) is 0 Å². The van der Waals surface area contributed by atoms with Crippen LogP contribution in [0.5, 0.6) is 5.75 Å². The van der Waals surface area contributed by atoms with Crippen molar-refractivity contribution < 1.29 is 28.5 Å². The second-order valence-electron chi connectivity index (χ2n) is 16.0. The number of halogens is 1. The molecule has 17 heteroatoms. The Balaban J connectivity index is 0.804. The van der Waals surface area contributed by atoms with Crippen molar-refractivity contribution in [2.75, 3.05) is 67.5 Å². The van der Waals surface area contributed by atoms with Crippen LogP contribution in [0.4, 0.5) is 34.5 Å². The van der Waals surface area contributed by atoms with Crippen molar-refractivity contribution in [3.8, 4) is 5.75 Å². The second-order valence-corrected chi connectivity index (χ2v) is 19.6. The summed E-state index contributed by atoms with van der Waals surface area (Å²) >= 11 is 6.46. The molecule has 322 valence electrons. The van der Waals surface area contributed by atoms with E-state index in [1.165, 1.54) is 6.20 Å². The second kappa shape index (κ2) is 19.5. The Morgan fingerprint density at radius 3 is 2.34 bits per heavy atom. The van der Waals surface area contributed by atoms with E-state index in [1.54, 1.807) is 38.6 Å². The van der Waals surface area contributed by atoms with Gasteiger partial charge in [-0.25, -0.2) is 4.98 Å². The van der Waals surface area contributed by atoms with Gasteiger partial charge in [0.1, 0.15) is 24.0 Å². The summed E-state index contributed by atoms with van der Waals surface area (Å²) in [6.07, 6.45) is 9.10. The van der Waals surface area contributed by atoms with Crippen molar-refractivity contribution in [3.05, 3.63) is 83.0 Å². The molecule has 0 saturated carbocycles. The van der Waals surface area contributed by atoms with Crippen LogP contribution < -0.4 is 41.5 Å². The smallest absolute Gasteiger partial charge is 0.264 e. The van der Waals surface area contributed by atoms with Crippen molar-refractivity contribution in [2.45, 2.75) is 69.9 Å². The number of aromatic nitrogens is 2. The summed E-state index contributed by atoms with van der Waals surface area (Å²) in [6.45, 7) is 6.95. The van der Waals surface area contributed by atoms with E-state index in [0.29, 0.717) is 63.1 Å². The minimum atomic E-state index is -2.55. The van der Waals surface area contributed by atoms with Crippen LogP contribution in [0.15, 0.2) is 66.9 Å². The lowest BCUT2D eigenvalue weighted by atomic mass is 10.0. The van der Waals surface area contributed by atoms with E-state index in [1.807, 2.05) is 36.4 Å². The topological polar surface area (TPSA) is 187 Å². The maximum atomic E-state index is 13.3. The third-order valence-corrected chi connectivity index (χ3v) is 13.2. The van der Waals surface area contributed by atoms with Gasteiger partial charge in [-0.2, -0.15) is 4.98 Å². The standard InChI is InChI=1S/C44H53ClN9O6P/c1-60-36-26-29(16-17-32(36)50-44-48-27-31(45)40(52-44)49-33-13-7-8-15-37(33)61(2,3)59)53-24-20-28(21-25-53)46-22-9-5-4-6-10-23-47-34-14-11-12-30-39(34)43(58)54(42(30)57)35-18-19-38(55)51-41(35)56/h7-8,11-17,26-28,35,46-47H,4-6,9-10,18-25H2,1-3H3,(H,51,55,56)(H2,48,49,50,52). The van der Waals surface area contributed by atoms with Crippen molar-refractivity contribution in [2.24, 2.45) is 0 Å². The molecule has 0 bridgehead atoms. The Labute approximate surface area is 361 Å². The number of hydrogen-bond acceptors (Lipinski definition) is 13. The summed E-state index contributed by atoms with van der Waals surface area (Å²) < 4.78 is 18.7. The van der Waals surface area contributed by atoms with Crippen LogP contribution in [0.25, 0.3) is 0 Å². The Kier molecular flexibility index (Phi) is 13.9. The van der Waals surface area contributed by atoms with Gasteiger partial charge in [-0.1, -0.05) is 49.1 Å². The lowest BCUT2D eigenvalue weighted by Crippen LogP contribution is -2.54. The number of unbranched alkanes of at least 4 members (excludes halogenated alkanes) is 4. The Morgan fingerprint density at radius 2 is 1.59 bits per heavy atom. The molecule has 3 aromatic carbocycles. The molecule has 7 rings (SSSR count). The maximum Gasteiger partial charge on any atom is 0.264 e. The van der Waals surface area contributed by atoms with E-state index in [-0.39, 0.29) is 18.4 Å². The number of hydrogen-bond donors (Lipinski definition) is 5. The molecule has 0 radical (unpaired) electrons. The molecule has 1 atom stereocenters. The number of amides is 4. The fourth-order valence-electron chi connectivity index (χ4n) is 8.11. The number of benzene rings is 3. The van der Waals surface area contributed by atoms with Crippen molar-refractivity contribution in [1.29, 1.82) is 0 Å². The average molecular weight is 870 g/mol. The summed E-state index contributed by atoms with van der Waals surface area (Å²) in [4.78, 5) is 62.8. The zero-order valence-corrected chi connectivity index (χ0v) is 36.4. The fourth-order valence-corrected chi connectivity index (χ4v) is 9.40. The molecule has 2 saturated heterocycles. The van der Waals surface area contributed by atoms with Crippen molar-refractivity contribution >= 4 is 82.2 Å². The first-order chi connectivity index (χ1) is 29.4. The largest absolute Gasteiger partial charge is 0.494 e. The third kappa shape index (κ3) is 10.3. The quantitative estimate of drug-likeness (QED) is 0.0396. The van der Waals surface area contributed by atoms with E-state index in [0.717, 1.165) is 75.2 Å². The predicted molar refractivity (Wildman–Crippen MR) is 240 cm³/mol. The first kappa shape index (κ1) is 43.6. The number of carbonyl (C=O) groups is 4. The van der Waals surface area contributed by atoms with Gasteiger partial charge in [0.2, 0.25) is 17.8 Å². The minimum Gasteiger partial charge on any atom is -0.494 e. The van der Waals surface area contributed by atoms with Gasteiger partial charge in [-0.15, -0.1) is 0 Å². The van der Waals surface area contributed by atoms with Gasteiger partial charge in [-0.3, -0.25) is 29.4 Å². The molecule has 0 aliphatic carbocycles. The van der Waals surface area contributed by atoms with Gasteiger partial charge in [0.05, 0.1) is 35.8 Å². The lowest BCUT2D eigenvalue weighted by Gasteiger charge is -2.34. The number of nitrogens with one attached hydrogen (secondary N) is 5. The molecular weight excluding hydrogens is 817 g/mol. The number of carbonyl (C=O) groups excluding carboxylic acids is 4. The zero-order valence-electron chi connectivity index (χ0n) is 34.8. The summed E-state index contributed by atoms with van der Waals surface area (Å²) in [7, 11) is -0.908. The number of methoxy groups -OCH3 is 1. The molecule has 4 amide bonds. The maximum absolute atomic E-state index is 13.3. The number of nitrogens with zero attached hydrogens (tertiary/aromatic N) is 4. The summed E-state index contributed by atoms with van der Waals surface area (Å²) in [5.41, 5.74) is 3.64. The summed E-state index contributed by atoms with van der Waals surface area (Å²) in [5.74, 6) is -0.610. The number of anilines is 6. The van der Waals surface area contributed by atoms with E-state index >= 15 is 0 Å². The minimum absolute atomic E-state index is 0.0884. The summed E-state index contributed by atoms with van der Waals surface area (Å²) in [5, 5.41) is 16.9. The van der Waals surface area contributed by atoms with Gasteiger partial charge >= 0.3 is 0 Å². The molecule has 4 aromatic rings. The molecule has 3 aliphatic rings. The van der Waals surface area contributed by atoms with E-state index in [9.17, 15) is 23.7 Å². The van der Waals surface area contributed by atoms with E-state index < -0.39 is 36.8 Å². The number of rotatable bonds is 18. The molecule has 5 N–H and O–H groups in total. The predicted octanol–water partition coefficient (Wildman–Crippen LogP) is 6.90. The fraction of sp³-hybridized carbons (Fsp3) is 0.409. The van der Waals surface area contributed by atoms with Gasteiger partial charge < -0.3 is 35.5 Å². The number of fused-ring (bicyclic) bond motifs is 1. The molecule has 61 heavy (non-hydrogen) atoms. The third-order valence-electron chi connectivity index (χ3n) is 11.3. The van der Waals surface area contributed by atoms with Gasteiger partial charge in [0.25, 0.3) is 11.8 Å². The highest BCUT2D eigenvalue weighted by Crippen LogP contribution is 2.39. The van der Waals surface area contributed by atoms with Gasteiger partial charge in [-0.05, 0) is 88.4 Å². The van der Waals surface area contributed by atoms with Crippen molar-refractivity contribution in [1.82, 2.24) is 25.5 Å². The number of piperidine rings is 2. The molecule has 0 spiro atoms. The van der Waals surface area contributed by atoms with Crippen molar-refractivity contribution in [3.63, 3.8) is 0 Å². The Bertz CT molecular complexity index is 2330. The molecule has 2 fully saturated rings. The van der Waals surface area contributed by atoms with E-state index in [4.69, 9.17) is 16.3 Å². The zero-order chi connectivity index (χ0) is 43.1. The average Bonchev–Trinajstić information content (AvgIpc) is 3.50. The monoisotopic (exact) mass is 869 g/mol. The van der Waals surface area contributed by atoms with Crippen LogP contribution in [0.3, 0.4) is 0 Å². The first-order valence-electron chi connectivity index (χ1n) is 20.9. The highest BCUT2D eigenvalue weighted by atomic mass is 35.5.